The maximum atomic E-state index is 8.71. The number of nitriles is 1. The number of hydrogen-bond donors (Lipinski definition) is 1. The minimum atomic E-state index is 0.475. The minimum absolute atomic E-state index is 0.475. The first-order valence-corrected chi connectivity index (χ1v) is 5.52. The van der Waals surface area contributed by atoms with Crippen LogP contribution in [0.4, 0.5) is 0 Å². The number of rotatable bonds is 4. The molecule has 0 spiro atoms. The predicted molar refractivity (Wildman–Crippen MR) is 59.6 cm³/mol. The van der Waals surface area contributed by atoms with Crippen molar-refractivity contribution in [3.63, 3.8) is 0 Å². The molecule has 4 heteroatoms. The largest absolute Gasteiger partial charge is 0.381 e. The quantitative estimate of drug-likeness (QED) is 0.820. The van der Waals surface area contributed by atoms with E-state index in [9.17, 15) is 0 Å². The van der Waals surface area contributed by atoms with E-state index in [-0.39, 0.29) is 0 Å². The average molecular weight is 217 g/mol. The highest BCUT2D eigenvalue weighted by Crippen LogP contribution is 2.10. The van der Waals surface area contributed by atoms with Gasteiger partial charge in [0.2, 0.25) is 0 Å². The van der Waals surface area contributed by atoms with Crippen molar-refractivity contribution in [2.24, 2.45) is 5.92 Å². The van der Waals surface area contributed by atoms with Crippen LogP contribution in [0.15, 0.2) is 18.3 Å². The molecule has 0 saturated carbocycles. The third kappa shape index (κ3) is 3.02. The van der Waals surface area contributed by atoms with Crippen molar-refractivity contribution < 1.29 is 4.74 Å². The summed E-state index contributed by atoms with van der Waals surface area (Å²) in [6, 6.07) is 5.79. The second-order valence-electron chi connectivity index (χ2n) is 4.02. The Bertz CT molecular complexity index is 380. The SMILES string of the molecule is N#Cc1cc(CNCC2CCOC2)ccn1. The van der Waals surface area contributed by atoms with E-state index in [1.165, 1.54) is 0 Å². The second-order valence-corrected chi connectivity index (χ2v) is 4.02. The number of nitrogens with zero attached hydrogens (tertiary/aromatic N) is 2. The molecule has 1 aromatic heterocycles. The van der Waals surface area contributed by atoms with Gasteiger partial charge in [0.15, 0.2) is 0 Å². The standard InChI is InChI=1S/C12H15N3O/c13-6-12-5-10(1-3-15-12)7-14-8-11-2-4-16-9-11/h1,3,5,11,14H,2,4,7-9H2. The van der Waals surface area contributed by atoms with Crippen molar-refractivity contribution in [1.29, 1.82) is 5.26 Å². The highest BCUT2D eigenvalue weighted by atomic mass is 16.5. The van der Waals surface area contributed by atoms with Crippen molar-refractivity contribution in [2.75, 3.05) is 19.8 Å². The highest BCUT2D eigenvalue weighted by molar-refractivity contribution is 5.25. The molecule has 1 fully saturated rings. The topological polar surface area (TPSA) is 57.9 Å². The Morgan fingerprint density at radius 1 is 1.62 bits per heavy atom. The van der Waals surface area contributed by atoms with Crippen LogP contribution in [0, 0.1) is 17.2 Å². The first kappa shape index (κ1) is 11.1. The van der Waals surface area contributed by atoms with Gasteiger partial charge in [0.05, 0.1) is 6.61 Å². The van der Waals surface area contributed by atoms with Crippen molar-refractivity contribution >= 4 is 0 Å². The van der Waals surface area contributed by atoms with Crippen molar-refractivity contribution in [1.82, 2.24) is 10.3 Å². The summed E-state index contributed by atoms with van der Waals surface area (Å²) in [7, 11) is 0. The van der Waals surface area contributed by atoms with E-state index < -0.39 is 0 Å². The normalized spacial score (nSPS) is 19.6. The summed E-state index contributed by atoms with van der Waals surface area (Å²) in [6.07, 6.45) is 2.82. The Labute approximate surface area is 95.3 Å². The van der Waals surface area contributed by atoms with Crippen LogP contribution >= 0.6 is 0 Å². The predicted octanol–water partition coefficient (Wildman–Crippen LogP) is 1.08. The fraction of sp³-hybridized carbons (Fsp3) is 0.500. The summed E-state index contributed by atoms with van der Waals surface area (Å²) < 4.78 is 5.30. The van der Waals surface area contributed by atoms with E-state index in [1.807, 2.05) is 18.2 Å². The molecule has 1 aliphatic rings. The molecular formula is C12H15N3O. The van der Waals surface area contributed by atoms with Crippen LogP contribution in [0.25, 0.3) is 0 Å². The lowest BCUT2D eigenvalue weighted by atomic mass is 10.1. The van der Waals surface area contributed by atoms with Gasteiger partial charge in [-0.05, 0) is 30.0 Å². The molecule has 1 atom stereocenters. The molecule has 2 rings (SSSR count). The summed E-state index contributed by atoms with van der Waals surface area (Å²) in [5.74, 6) is 0.636. The van der Waals surface area contributed by atoms with Crippen LogP contribution in [-0.2, 0) is 11.3 Å². The Morgan fingerprint density at radius 3 is 3.31 bits per heavy atom. The van der Waals surface area contributed by atoms with Gasteiger partial charge in [0.25, 0.3) is 0 Å². The Morgan fingerprint density at radius 2 is 2.56 bits per heavy atom. The van der Waals surface area contributed by atoms with Gasteiger partial charge in [0, 0.05) is 25.9 Å². The molecule has 0 amide bonds. The van der Waals surface area contributed by atoms with Gasteiger partial charge in [-0.15, -0.1) is 0 Å². The molecule has 1 saturated heterocycles. The molecule has 1 unspecified atom stereocenters. The molecule has 0 aromatic carbocycles. The molecule has 16 heavy (non-hydrogen) atoms. The number of nitrogens with one attached hydrogen (secondary N) is 1. The van der Waals surface area contributed by atoms with Gasteiger partial charge in [-0.25, -0.2) is 4.98 Å². The lowest BCUT2D eigenvalue weighted by Gasteiger charge is -2.09. The molecule has 2 heterocycles. The van der Waals surface area contributed by atoms with Gasteiger partial charge < -0.3 is 10.1 Å². The Kier molecular flexibility index (Phi) is 3.86. The zero-order valence-corrected chi connectivity index (χ0v) is 9.15. The first-order chi connectivity index (χ1) is 7.88. The number of ether oxygens (including phenoxy) is 1. The van der Waals surface area contributed by atoms with E-state index in [1.54, 1.807) is 6.20 Å². The van der Waals surface area contributed by atoms with Crippen LogP contribution in [0.5, 0.6) is 0 Å². The summed E-state index contributed by atoms with van der Waals surface area (Å²) >= 11 is 0. The van der Waals surface area contributed by atoms with Crippen molar-refractivity contribution in [2.45, 2.75) is 13.0 Å². The van der Waals surface area contributed by atoms with E-state index in [4.69, 9.17) is 10.00 Å². The summed E-state index contributed by atoms with van der Waals surface area (Å²) in [5, 5.41) is 12.1. The van der Waals surface area contributed by atoms with Gasteiger partial charge in [0.1, 0.15) is 11.8 Å². The maximum Gasteiger partial charge on any atom is 0.140 e. The molecule has 1 aromatic rings. The van der Waals surface area contributed by atoms with Crippen LogP contribution in [0.3, 0.4) is 0 Å². The molecule has 1 aliphatic heterocycles. The van der Waals surface area contributed by atoms with E-state index >= 15 is 0 Å². The molecule has 0 aliphatic carbocycles. The van der Waals surface area contributed by atoms with Crippen molar-refractivity contribution in [3.8, 4) is 6.07 Å². The van der Waals surface area contributed by atoms with Crippen LogP contribution < -0.4 is 5.32 Å². The number of aromatic nitrogens is 1. The van der Waals surface area contributed by atoms with Gasteiger partial charge in [-0.1, -0.05) is 0 Å². The maximum absolute atomic E-state index is 8.71. The Hall–Kier alpha value is -1.44. The molecule has 0 bridgehead atoms. The third-order valence-electron chi connectivity index (χ3n) is 2.73. The van der Waals surface area contributed by atoms with E-state index in [0.717, 1.165) is 38.3 Å². The van der Waals surface area contributed by atoms with Crippen LogP contribution in [0.1, 0.15) is 17.7 Å². The molecule has 1 N–H and O–H groups in total. The van der Waals surface area contributed by atoms with Crippen LogP contribution in [0.2, 0.25) is 0 Å². The highest BCUT2D eigenvalue weighted by Gasteiger charge is 2.14. The van der Waals surface area contributed by atoms with Crippen molar-refractivity contribution in [3.05, 3.63) is 29.6 Å². The lowest BCUT2D eigenvalue weighted by Crippen LogP contribution is -2.22. The Balaban J connectivity index is 1.78. The van der Waals surface area contributed by atoms with E-state index in [2.05, 4.69) is 10.3 Å². The molecule has 84 valence electrons. The molecular weight excluding hydrogens is 202 g/mol. The molecule has 0 radical (unpaired) electrons. The van der Waals surface area contributed by atoms with Crippen LogP contribution in [-0.4, -0.2) is 24.7 Å². The fourth-order valence-corrected chi connectivity index (χ4v) is 1.81. The fourth-order valence-electron chi connectivity index (χ4n) is 1.81. The first-order valence-electron chi connectivity index (χ1n) is 5.52. The summed E-state index contributed by atoms with van der Waals surface area (Å²) in [4.78, 5) is 3.93. The van der Waals surface area contributed by atoms with Gasteiger partial charge in [-0.3, -0.25) is 0 Å². The zero-order valence-electron chi connectivity index (χ0n) is 9.15. The van der Waals surface area contributed by atoms with Gasteiger partial charge in [-0.2, -0.15) is 5.26 Å². The third-order valence-corrected chi connectivity index (χ3v) is 2.73. The lowest BCUT2D eigenvalue weighted by molar-refractivity contribution is 0.185. The molecule has 4 nitrogen and oxygen atoms in total. The monoisotopic (exact) mass is 217 g/mol. The van der Waals surface area contributed by atoms with E-state index in [0.29, 0.717) is 11.6 Å². The zero-order chi connectivity index (χ0) is 11.2. The number of hydrogen-bond acceptors (Lipinski definition) is 4. The summed E-state index contributed by atoms with van der Waals surface area (Å²) in [5.41, 5.74) is 1.58. The summed E-state index contributed by atoms with van der Waals surface area (Å²) in [6.45, 7) is 3.52. The average Bonchev–Trinajstić information content (AvgIpc) is 2.82. The number of pyridine rings is 1. The van der Waals surface area contributed by atoms with Gasteiger partial charge >= 0.3 is 0 Å². The second kappa shape index (κ2) is 5.59. The smallest absolute Gasteiger partial charge is 0.140 e. The minimum Gasteiger partial charge on any atom is -0.381 e.